The average molecular weight is 235 g/mol. The van der Waals surface area contributed by atoms with Crippen molar-refractivity contribution in [2.24, 2.45) is 5.73 Å². The summed E-state index contributed by atoms with van der Waals surface area (Å²) in [6.45, 7) is 4.84. The van der Waals surface area contributed by atoms with Crippen molar-refractivity contribution >= 4 is 0 Å². The van der Waals surface area contributed by atoms with Gasteiger partial charge in [0.2, 0.25) is 5.89 Å². The van der Waals surface area contributed by atoms with Crippen LogP contribution in [0.15, 0.2) is 4.42 Å². The molecule has 94 valence electrons. The Hall–Kier alpha value is -0.870. The van der Waals surface area contributed by atoms with Crippen molar-refractivity contribution in [3.8, 4) is 0 Å². The molecule has 2 unspecified atom stereocenters. The highest BCUT2D eigenvalue weighted by Crippen LogP contribution is 2.36. The van der Waals surface area contributed by atoms with Crippen molar-refractivity contribution in [1.82, 2.24) is 9.88 Å². The summed E-state index contributed by atoms with van der Waals surface area (Å²) in [7, 11) is 0. The maximum absolute atomic E-state index is 6.07. The maximum Gasteiger partial charge on any atom is 0.208 e. The van der Waals surface area contributed by atoms with Crippen LogP contribution in [0.3, 0.4) is 0 Å². The van der Waals surface area contributed by atoms with Crippen LogP contribution >= 0.6 is 0 Å². The number of hydrogen-bond donors (Lipinski definition) is 1. The van der Waals surface area contributed by atoms with Gasteiger partial charge in [0, 0.05) is 18.1 Å². The minimum Gasteiger partial charge on any atom is -0.444 e. The number of rotatable bonds is 2. The molecule has 2 fully saturated rings. The first-order chi connectivity index (χ1) is 8.13. The topological polar surface area (TPSA) is 55.3 Å². The van der Waals surface area contributed by atoms with Gasteiger partial charge in [-0.05, 0) is 39.5 Å². The van der Waals surface area contributed by atoms with E-state index in [4.69, 9.17) is 10.2 Å². The Kier molecular flexibility index (Phi) is 2.71. The Morgan fingerprint density at radius 1 is 1.29 bits per heavy atom. The normalized spacial score (nSPS) is 33.2. The fraction of sp³-hybridized carbons (Fsp3) is 0.769. The van der Waals surface area contributed by atoms with E-state index in [2.05, 4.69) is 9.88 Å². The number of hydrogen-bond acceptors (Lipinski definition) is 4. The van der Waals surface area contributed by atoms with Gasteiger partial charge >= 0.3 is 0 Å². The summed E-state index contributed by atoms with van der Waals surface area (Å²) >= 11 is 0. The van der Waals surface area contributed by atoms with E-state index in [1.807, 2.05) is 13.8 Å². The molecule has 3 rings (SSSR count). The summed E-state index contributed by atoms with van der Waals surface area (Å²) in [4.78, 5) is 7.03. The number of fused-ring (bicyclic) bond motifs is 2. The molecule has 0 aliphatic carbocycles. The molecule has 4 nitrogen and oxygen atoms in total. The molecule has 2 saturated heterocycles. The monoisotopic (exact) mass is 235 g/mol. The predicted octanol–water partition coefficient (Wildman–Crippen LogP) is 1.75. The summed E-state index contributed by atoms with van der Waals surface area (Å²) in [5.41, 5.74) is 7.09. The van der Waals surface area contributed by atoms with E-state index in [0.717, 1.165) is 36.7 Å². The molecule has 2 atom stereocenters. The van der Waals surface area contributed by atoms with Crippen molar-refractivity contribution in [2.75, 3.05) is 0 Å². The van der Waals surface area contributed by atoms with E-state index in [1.54, 1.807) is 0 Å². The highest BCUT2D eigenvalue weighted by Gasteiger charge is 2.39. The van der Waals surface area contributed by atoms with Crippen molar-refractivity contribution < 1.29 is 4.42 Å². The molecule has 0 radical (unpaired) electrons. The largest absolute Gasteiger partial charge is 0.444 e. The summed E-state index contributed by atoms with van der Waals surface area (Å²) in [6.07, 6.45) is 4.85. The van der Waals surface area contributed by atoms with Gasteiger partial charge in [-0.1, -0.05) is 0 Å². The van der Waals surface area contributed by atoms with Crippen molar-refractivity contribution in [3.05, 3.63) is 17.3 Å². The Labute approximate surface area is 102 Å². The zero-order valence-corrected chi connectivity index (χ0v) is 10.6. The van der Waals surface area contributed by atoms with Crippen LogP contribution in [-0.4, -0.2) is 28.0 Å². The number of nitrogens with zero attached hydrogens (tertiary/aromatic N) is 2. The van der Waals surface area contributed by atoms with Gasteiger partial charge in [-0.25, -0.2) is 4.98 Å². The minimum atomic E-state index is 0.400. The molecule has 0 amide bonds. The number of nitrogens with two attached hydrogens (primary N) is 1. The third-order valence-electron chi connectivity index (χ3n) is 4.31. The predicted molar refractivity (Wildman–Crippen MR) is 65.5 cm³/mol. The lowest BCUT2D eigenvalue weighted by atomic mass is 9.98. The van der Waals surface area contributed by atoms with Gasteiger partial charge in [-0.2, -0.15) is 0 Å². The van der Waals surface area contributed by atoms with E-state index < -0.39 is 0 Å². The quantitative estimate of drug-likeness (QED) is 0.848. The second kappa shape index (κ2) is 4.10. The number of piperidine rings is 1. The van der Waals surface area contributed by atoms with Crippen LogP contribution in [0.4, 0.5) is 0 Å². The highest BCUT2D eigenvalue weighted by atomic mass is 16.4. The molecule has 0 aromatic carbocycles. The van der Waals surface area contributed by atoms with Crippen molar-refractivity contribution in [3.63, 3.8) is 0 Å². The molecule has 2 aliphatic heterocycles. The summed E-state index contributed by atoms with van der Waals surface area (Å²) < 4.78 is 5.68. The maximum atomic E-state index is 6.07. The van der Waals surface area contributed by atoms with E-state index in [0.29, 0.717) is 18.1 Å². The summed E-state index contributed by atoms with van der Waals surface area (Å²) in [6, 6.07) is 1.70. The summed E-state index contributed by atoms with van der Waals surface area (Å²) in [5.74, 6) is 1.81. The van der Waals surface area contributed by atoms with Crippen molar-refractivity contribution in [2.45, 2.75) is 64.2 Å². The molecular formula is C13H21N3O. The zero-order valence-electron chi connectivity index (χ0n) is 10.6. The van der Waals surface area contributed by atoms with E-state index in [-0.39, 0.29) is 0 Å². The van der Waals surface area contributed by atoms with Crippen LogP contribution in [-0.2, 0) is 6.54 Å². The Bertz CT molecular complexity index is 381. The molecule has 0 saturated carbocycles. The van der Waals surface area contributed by atoms with E-state index in [9.17, 15) is 0 Å². The third-order valence-corrected chi connectivity index (χ3v) is 4.31. The van der Waals surface area contributed by atoms with Crippen LogP contribution in [0.25, 0.3) is 0 Å². The van der Waals surface area contributed by atoms with E-state index >= 15 is 0 Å². The van der Waals surface area contributed by atoms with Crippen LogP contribution in [0.1, 0.15) is 43.0 Å². The number of aryl methyl sites for hydroxylation is 2. The molecule has 2 aliphatic rings. The zero-order chi connectivity index (χ0) is 12.0. The van der Waals surface area contributed by atoms with Crippen LogP contribution in [0.2, 0.25) is 0 Å². The first kappa shape index (κ1) is 11.2. The van der Waals surface area contributed by atoms with Gasteiger partial charge < -0.3 is 10.2 Å². The minimum absolute atomic E-state index is 0.400. The molecule has 3 heterocycles. The number of aromatic nitrogens is 1. The van der Waals surface area contributed by atoms with Gasteiger partial charge in [0.1, 0.15) is 5.76 Å². The molecule has 2 N–H and O–H groups in total. The van der Waals surface area contributed by atoms with Crippen LogP contribution < -0.4 is 5.73 Å². The fourth-order valence-corrected chi connectivity index (χ4v) is 3.34. The molecule has 0 spiro atoms. The lowest BCUT2D eigenvalue weighted by Gasteiger charge is -2.36. The molecule has 1 aromatic rings. The average Bonchev–Trinajstić information content (AvgIpc) is 2.70. The lowest BCUT2D eigenvalue weighted by molar-refractivity contribution is 0.108. The van der Waals surface area contributed by atoms with E-state index in [1.165, 1.54) is 12.8 Å². The SMILES string of the molecule is Cc1nc(CN2C3CCC2CC(N)C3)oc1C. The Morgan fingerprint density at radius 2 is 1.94 bits per heavy atom. The molecule has 1 aromatic heterocycles. The van der Waals surface area contributed by atoms with Gasteiger partial charge in [-0.3, -0.25) is 4.90 Å². The van der Waals surface area contributed by atoms with Gasteiger partial charge in [-0.15, -0.1) is 0 Å². The molecule has 4 heteroatoms. The Morgan fingerprint density at radius 3 is 2.47 bits per heavy atom. The highest BCUT2D eigenvalue weighted by molar-refractivity contribution is 5.06. The first-order valence-electron chi connectivity index (χ1n) is 6.57. The molecular weight excluding hydrogens is 214 g/mol. The number of oxazole rings is 1. The summed E-state index contributed by atoms with van der Waals surface area (Å²) in [5, 5.41) is 0. The van der Waals surface area contributed by atoms with Gasteiger partial charge in [0.25, 0.3) is 0 Å². The fourth-order valence-electron chi connectivity index (χ4n) is 3.34. The molecule has 17 heavy (non-hydrogen) atoms. The smallest absolute Gasteiger partial charge is 0.208 e. The standard InChI is InChI=1S/C13H21N3O/c1-8-9(2)17-13(15-8)7-16-11-3-4-12(16)6-10(14)5-11/h10-12H,3-7,14H2,1-2H3. The lowest BCUT2D eigenvalue weighted by Crippen LogP contribution is -2.46. The second-order valence-electron chi connectivity index (χ2n) is 5.54. The second-order valence-corrected chi connectivity index (χ2v) is 5.54. The van der Waals surface area contributed by atoms with Gasteiger partial charge in [0.15, 0.2) is 0 Å². The third kappa shape index (κ3) is 2.00. The molecule has 2 bridgehead atoms. The van der Waals surface area contributed by atoms with Crippen molar-refractivity contribution in [1.29, 1.82) is 0 Å². The Balaban J connectivity index is 1.74. The van der Waals surface area contributed by atoms with Gasteiger partial charge in [0.05, 0.1) is 12.2 Å². The van der Waals surface area contributed by atoms with Crippen LogP contribution in [0, 0.1) is 13.8 Å². The van der Waals surface area contributed by atoms with Crippen LogP contribution in [0.5, 0.6) is 0 Å². The first-order valence-corrected chi connectivity index (χ1v) is 6.57.